The number of aromatic nitrogens is 3. The fourth-order valence-corrected chi connectivity index (χ4v) is 1.91. The van der Waals surface area contributed by atoms with Gasteiger partial charge in [0.05, 0.1) is 22.1 Å². The Labute approximate surface area is 115 Å². The van der Waals surface area contributed by atoms with Crippen molar-refractivity contribution in [2.75, 3.05) is 5.73 Å². The molecule has 2 aromatic rings. The Kier molecular flexibility index (Phi) is 3.56. The molecule has 0 atom stereocenters. The summed E-state index contributed by atoms with van der Waals surface area (Å²) in [6.07, 6.45) is 2.59. The summed E-state index contributed by atoms with van der Waals surface area (Å²) in [5, 5.41) is 10.7. The monoisotopic (exact) mass is 325 g/mol. The zero-order valence-corrected chi connectivity index (χ0v) is 11.1. The van der Waals surface area contributed by atoms with Crippen molar-refractivity contribution in [2.45, 2.75) is 6.54 Å². The van der Waals surface area contributed by atoms with Gasteiger partial charge in [0.15, 0.2) is 0 Å². The van der Waals surface area contributed by atoms with Gasteiger partial charge in [-0.2, -0.15) is 0 Å². The van der Waals surface area contributed by atoms with Gasteiger partial charge < -0.3 is 10.3 Å². The molecule has 2 N–H and O–H groups in total. The lowest BCUT2D eigenvalue weighted by Gasteiger charge is -2.05. The Bertz CT molecular complexity index is 700. The van der Waals surface area contributed by atoms with Gasteiger partial charge in [-0.15, -0.1) is 0 Å². The minimum Gasteiger partial charge on any atom is -0.384 e. The van der Waals surface area contributed by atoms with Crippen LogP contribution in [0.4, 0.5) is 11.5 Å². The van der Waals surface area contributed by atoms with Crippen molar-refractivity contribution in [1.29, 1.82) is 0 Å². The van der Waals surface area contributed by atoms with Crippen LogP contribution in [0.1, 0.15) is 5.82 Å². The fraction of sp³-hybridized carbons (Fsp3) is 0.100. The lowest BCUT2D eigenvalue weighted by atomic mass is 10.4. The number of anilines is 1. The summed E-state index contributed by atoms with van der Waals surface area (Å²) in [5.41, 5.74) is 4.90. The summed E-state index contributed by atoms with van der Waals surface area (Å²) in [5.74, 6) is 0.567. The molecule has 98 valence electrons. The molecule has 0 amide bonds. The zero-order chi connectivity index (χ0) is 14.0. The number of halogens is 1. The highest BCUT2D eigenvalue weighted by Gasteiger charge is 2.13. The first-order valence-corrected chi connectivity index (χ1v) is 5.88. The van der Waals surface area contributed by atoms with E-state index in [2.05, 4.69) is 25.9 Å². The summed E-state index contributed by atoms with van der Waals surface area (Å²) in [6, 6.07) is 2.66. The maximum absolute atomic E-state index is 11.8. The maximum atomic E-state index is 11.8. The van der Waals surface area contributed by atoms with Gasteiger partial charge >= 0.3 is 0 Å². The molecule has 0 fully saturated rings. The van der Waals surface area contributed by atoms with E-state index in [0.717, 1.165) is 16.8 Å². The molecule has 0 radical (unpaired) electrons. The highest BCUT2D eigenvalue weighted by molar-refractivity contribution is 9.10. The Morgan fingerprint density at radius 2 is 2.26 bits per heavy atom. The van der Waals surface area contributed by atoms with E-state index >= 15 is 0 Å². The van der Waals surface area contributed by atoms with Gasteiger partial charge in [-0.25, -0.2) is 9.97 Å². The van der Waals surface area contributed by atoms with Gasteiger partial charge in [-0.05, 0) is 22.0 Å². The molecule has 0 unspecified atom stereocenters. The first kappa shape index (κ1) is 13.1. The van der Waals surface area contributed by atoms with Gasteiger partial charge in [0.2, 0.25) is 0 Å². The molecule has 0 saturated heterocycles. The molecule has 2 heterocycles. The molecule has 0 spiro atoms. The number of nitrogens with zero attached hydrogens (tertiary/aromatic N) is 4. The van der Waals surface area contributed by atoms with Crippen molar-refractivity contribution in [2.24, 2.45) is 0 Å². The van der Waals surface area contributed by atoms with Crippen LogP contribution in [0.15, 0.2) is 33.8 Å². The van der Waals surface area contributed by atoms with E-state index in [9.17, 15) is 14.9 Å². The summed E-state index contributed by atoms with van der Waals surface area (Å²) in [7, 11) is 0. The molecule has 0 saturated carbocycles. The normalized spacial score (nSPS) is 10.4. The lowest BCUT2D eigenvalue weighted by molar-refractivity contribution is -0.385. The van der Waals surface area contributed by atoms with E-state index in [1.807, 2.05) is 0 Å². The van der Waals surface area contributed by atoms with Crippen LogP contribution in [0.25, 0.3) is 0 Å². The summed E-state index contributed by atoms with van der Waals surface area (Å²) in [4.78, 5) is 29.9. The number of hydrogen-bond donors (Lipinski definition) is 1. The third kappa shape index (κ3) is 2.94. The van der Waals surface area contributed by atoms with Gasteiger partial charge in [0.25, 0.3) is 11.2 Å². The fourth-order valence-electron chi connectivity index (χ4n) is 1.44. The van der Waals surface area contributed by atoms with E-state index in [1.54, 1.807) is 0 Å². The first-order valence-electron chi connectivity index (χ1n) is 5.09. The van der Waals surface area contributed by atoms with E-state index in [-0.39, 0.29) is 22.5 Å². The smallest absolute Gasteiger partial charge is 0.286 e. The van der Waals surface area contributed by atoms with E-state index < -0.39 is 10.5 Å². The van der Waals surface area contributed by atoms with Crippen LogP contribution in [-0.2, 0) is 6.54 Å². The number of nitrogen functional groups attached to an aromatic ring is 1. The van der Waals surface area contributed by atoms with Crippen LogP contribution in [0.5, 0.6) is 0 Å². The molecule has 0 aromatic carbocycles. The second-order valence-corrected chi connectivity index (χ2v) is 4.49. The average Bonchev–Trinajstić information content (AvgIpc) is 2.34. The van der Waals surface area contributed by atoms with Crippen LogP contribution in [0.3, 0.4) is 0 Å². The number of hydrogen-bond acceptors (Lipinski definition) is 6. The van der Waals surface area contributed by atoms with E-state index in [1.165, 1.54) is 12.3 Å². The summed E-state index contributed by atoms with van der Waals surface area (Å²) >= 11 is 2.99. The van der Waals surface area contributed by atoms with Crippen LogP contribution >= 0.6 is 15.9 Å². The highest BCUT2D eigenvalue weighted by atomic mass is 79.9. The third-order valence-corrected chi connectivity index (χ3v) is 2.85. The molecule has 19 heavy (non-hydrogen) atoms. The highest BCUT2D eigenvalue weighted by Crippen LogP contribution is 2.14. The Morgan fingerprint density at radius 1 is 1.53 bits per heavy atom. The van der Waals surface area contributed by atoms with Gasteiger partial charge in [0.1, 0.15) is 11.6 Å². The molecule has 8 nitrogen and oxygen atoms in total. The second kappa shape index (κ2) is 5.14. The van der Waals surface area contributed by atoms with Crippen molar-refractivity contribution >= 4 is 27.4 Å². The summed E-state index contributed by atoms with van der Waals surface area (Å²) in [6.45, 7) is 0.00412. The predicted octanol–water partition coefficient (Wildman–Crippen LogP) is 0.939. The van der Waals surface area contributed by atoms with Crippen molar-refractivity contribution in [3.8, 4) is 0 Å². The van der Waals surface area contributed by atoms with Crippen molar-refractivity contribution in [3.63, 3.8) is 0 Å². The second-order valence-electron chi connectivity index (χ2n) is 3.63. The largest absolute Gasteiger partial charge is 0.384 e. The maximum Gasteiger partial charge on any atom is 0.286 e. The van der Waals surface area contributed by atoms with Crippen LogP contribution in [-0.4, -0.2) is 19.5 Å². The Hall–Kier alpha value is -2.29. The Morgan fingerprint density at radius 3 is 2.89 bits per heavy atom. The van der Waals surface area contributed by atoms with E-state index in [4.69, 9.17) is 5.73 Å². The number of nitrogens with two attached hydrogens (primary N) is 1. The van der Waals surface area contributed by atoms with Gasteiger partial charge in [0, 0.05) is 12.3 Å². The Balaban J connectivity index is 2.45. The van der Waals surface area contributed by atoms with Gasteiger partial charge in [-0.1, -0.05) is 0 Å². The third-order valence-electron chi connectivity index (χ3n) is 2.28. The van der Waals surface area contributed by atoms with Crippen molar-refractivity contribution < 1.29 is 4.92 Å². The first-order chi connectivity index (χ1) is 8.97. The number of pyridine rings is 1. The molecule has 9 heteroatoms. The van der Waals surface area contributed by atoms with Crippen LogP contribution in [0.2, 0.25) is 0 Å². The average molecular weight is 326 g/mol. The zero-order valence-electron chi connectivity index (χ0n) is 9.49. The topological polar surface area (TPSA) is 117 Å². The molecule has 2 aromatic heterocycles. The molecular weight excluding hydrogens is 318 g/mol. The molecule has 0 aliphatic rings. The van der Waals surface area contributed by atoms with Crippen molar-refractivity contribution in [3.05, 3.63) is 55.3 Å². The van der Waals surface area contributed by atoms with Crippen LogP contribution in [0, 0.1) is 10.1 Å². The standard InChI is InChI=1S/C10H8BrN5O3/c11-7-3-6(16(18)19)4-15(10(7)17)5-9-13-2-1-8(12)14-9/h1-4H,5H2,(H2,12,13,14). The summed E-state index contributed by atoms with van der Waals surface area (Å²) < 4.78 is 1.25. The van der Waals surface area contributed by atoms with Gasteiger partial charge in [-0.3, -0.25) is 14.9 Å². The minimum absolute atomic E-state index is 0.00412. The number of rotatable bonds is 3. The SMILES string of the molecule is Nc1ccnc(Cn2cc([N+](=O)[O-])cc(Br)c2=O)n1. The van der Waals surface area contributed by atoms with Crippen molar-refractivity contribution in [1.82, 2.24) is 14.5 Å². The number of nitro groups is 1. The van der Waals surface area contributed by atoms with Crippen LogP contribution < -0.4 is 11.3 Å². The molecular formula is C10H8BrN5O3. The lowest BCUT2D eigenvalue weighted by Crippen LogP contribution is -2.22. The molecule has 0 aliphatic carbocycles. The van der Waals surface area contributed by atoms with E-state index in [0.29, 0.717) is 5.82 Å². The molecule has 2 rings (SSSR count). The molecule has 0 bridgehead atoms. The quantitative estimate of drug-likeness (QED) is 0.662. The molecule has 0 aliphatic heterocycles. The minimum atomic E-state index is -0.582. The predicted molar refractivity (Wildman–Crippen MR) is 70.6 cm³/mol.